The van der Waals surface area contributed by atoms with E-state index in [-0.39, 0.29) is 0 Å². The highest BCUT2D eigenvalue weighted by molar-refractivity contribution is 6.25. The first-order chi connectivity index (χ1) is 41.6. The first-order valence-corrected chi connectivity index (χ1v) is 29.9. The average Bonchev–Trinajstić information content (AvgIpc) is 1.50. The van der Waals surface area contributed by atoms with E-state index in [1.54, 1.807) is 0 Å². The van der Waals surface area contributed by atoms with Crippen LogP contribution < -0.4 is 9.80 Å². The molecule has 14 aromatic rings. The molecule has 0 bridgehead atoms. The summed E-state index contributed by atoms with van der Waals surface area (Å²) in [6.45, 7) is 13.2. The van der Waals surface area contributed by atoms with E-state index in [0.29, 0.717) is 0 Å². The fourth-order valence-electron chi connectivity index (χ4n) is 15.2. The summed E-state index contributed by atoms with van der Waals surface area (Å²) in [5.41, 5.74) is 26.3. The lowest BCUT2D eigenvalue weighted by Gasteiger charge is -2.48. The van der Waals surface area contributed by atoms with Gasteiger partial charge in [0.15, 0.2) is 0 Å². The Hall–Kier alpha value is -10.2. The maximum absolute atomic E-state index is 2.65. The van der Waals surface area contributed by atoms with Crippen molar-refractivity contribution >= 4 is 77.5 Å². The van der Waals surface area contributed by atoms with Crippen LogP contribution in [0.5, 0.6) is 0 Å². The number of nitrogens with zero attached hydrogens (tertiary/aromatic N) is 3. The standard InChI is InChI=1S/C82H63N3/c1-52-31-39-58(40-32-52)81(59-41-33-53(2)34-42-59)69-24-12-16-28-74(69)84(75-29-17-13-25-70(75)81)79-64-20-7-9-22-66(64)80(67-23-10-8-21-65(67)79)85-76-30-18-14-26-71(76)82(60-43-35-54(3)36-44-60,61-45-37-55(4)38-46-61)72-50-68-63-19-11-15-27-73(63)83(77(68)51-78(72)85)62-48-56(5)47-57(6)49-62/h7-51H,1-6H3. The summed E-state index contributed by atoms with van der Waals surface area (Å²) in [5.74, 6) is 0. The van der Waals surface area contributed by atoms with Crippen molar-refractivity contribution in [2.45, 2.75) is 52.4 Å². The third-order valence-corrected chi connectivity index (χ3v) is 18.8. The monoisotopic (exact) mass is 1090 g/mol. The van der Waals surface area contributed by atoms with Gasteiger partial charge in [-0.05, 0) is 146 Å². The summed E-state index contributed by atoms with van der Waals surface area (Å²) >= 11 is 0. The van der Waals surface area contributed by atoms with Crippen molar-refractivity contribution in [3.63, 3.8) is 0 Å². The first kappa shape index (κ1) is 50.5. The second-order valence-electron chi connectivity index (χ2n) is 24.1. The van der Waals surface area contributed by atoms with E-state index < -0.39 is 10.8 Å². The Morgan fingerprint density at radius 3 is 0.965 bits per heavy atom. The zero-order valence-electron chi connectivity index (χ0n) is 48.8. The van der Waals surface area contributed by atoms with Gasteiger partial charge in [0.05, 0.1) is 56.0 Å². The largest absolute Gasteiger partial charge is 0.309 e. The maximum Gasteiger partial charge on any atom is 0.0742 e. The second-order valence-corrected chi connectivity index (χ2v) is 24.1. The van der Waals surface area contributed by atoms with Crippen LogP contribution in [-0.2, 0) is 10.8 Å². The topological polar surface area (TPSA) is 11.4 Å². The molecule has 13 aromatic carbocycles. The van der Waals surface area contributed by atoms with Crippen LogP contribution in [0.25, 0.3) is 49.0 Å². The number of aromatic nitrogens is 1. The highest BCUT2D eigenvalue weighted by Gasteiger charge is 2.49. The summed E-state index contributed by atoms with van der Waals surface area (Å²) in [6.07, 6.45) is 0. The Balaban J connectivity index is 1.04. The minimum Gasteiger partial charge on any atom is -0.309 e. The number of rotatable bonds is 7. The van der Waals surface area contributed by atoms with Gasteiger partial charge in [0.25, 0.3) is 0 Å². The average molecular weight is 1090 g/mol. The predicted octanol–water partition coefficient (Wildman–Crippen LogP) is 21.3. The Morgan fingerprint density at radius 2 is 0.565 bits per heavy atom. The van der Waals surface area contributed by atoms with Crippen molar-refractivity contribution in [3.05, 3.63) is 351 Å². The van der Waals surface area contributed by atoms with Crippen molar-refractivity contribution in [2.75, 3.05) is 9.80 Å². The zero-order chi connectivity index (χ0) is 57.3. The highest BCUT2D eigenvalue weighted by Crippen LogP contribution is 2.64. The van der Waals surface area contributed by atoms with Crippen LogP contribution in [0.4, 0.5) is 34.1 Å². The van der Waals surface area contributed by atoms with Gasteiger partial charge in [-0.1, -0.05) is 247 Å². The summed E-state index contributed by atoms with van der Waals surface area (Å²) < 4.78 is 2.51. The summed E-state index contributed by atoms with van der Waals surface area (Å²) in [6, 6.07) is 104. The van der Waals surface area contributed by atoms with Crippen LogP contribution in [0.1, 0.15) is 77.9 Å². The molecular formula is C82H63N3. The van der Waals surface area contributed by atoms with E-state index in [4.69, 9.17) is 0 Å². The lowest BCUT2D eigenvalue weighted by atomic mass is 9.62. The second kappa shape index (κ2) is 19.2. The minimum absolute atomic E-state index is 0.621. The van der Waals surface area contributed by atoms with Crippen molar-refractivity contribution in [1.82, 2.24) is 4.57 Å². The number of benzene rings is 13. The van der Waals surface area contributed by atoms with Gasteiger partial charge in [0.2, 0.25) is 0 Å². The predicted molar refractivity (Wildman–Crippen MR) is 357 cm³/mol. The molecule has 2 aliphatic rings. The van der Waals surface area contributed by atoms with Gasteiger partial charge in [-0.25, -0.2) is 0 Å². The van der Waals surface area contributed by atoms with Gasteiger partial charge in [0.1, 0.15) is 0 Å². The molecule has 0 radical (unpaired) electrons. The molecule has 406 valence electrons. The number of hydrogen-bond acceptors (Lipinski definition) is 2. The van der Waals surface area contributed by atoms with Crippen molar-refractivity contribution < 1.29 is 0 Å². The molecule has 0 fully saturated rings. The third-order valence-electron chi connectivity index (χ3n) is 18.8. The van der Waals surface area contributed by atoms with Crippen LogP contribution in [0.3, 0.4) is 0 Å². The number of fused-ring (bicyclic) bond motifs is 9. The Kier molecular flexibility index (Phi) is 11.4. The number of anilines is 6. The molecule has 0 saturated carbocycles. The maximum atomic E-state index is 2.65. The van der Waals surface area contributed by atoms with Gasteiger partial charge in [-0.15, -0.1) is 0 Å². The molecular weight excluding hydrogens is 1030 g/mol. The third kappa shape index (κ3) is 7.33. The molecule has 0 amide bonds. The smallest absolute Gasteiger partial charge is 0.0742 e. The molecule has 0 N–H and O–H groups in total. The molecule has 2 aliphatic heterocycles. The van der Waals surface area contributed by atoms with E-state index in [2.05, 4.69) is 329 Å². The van der Waals surface area contributed by atoms with Gasteiger partial charge in [-0.2, -0.15) is 0 Å². The molecule has 16 rings (SSSR count). The summed E-state index contributed by atoms with van der Waals surface area (Å²) in [4.78, 5) is 5.25. The number of aryl methyl sites for hydroxylation is 6. The number of para-hydroxylation sites is 4. The quantitative estimate of drug-likeness (QED) is 0.147. The van der Waals surface area contributed by atoms with Gasteiger partial charge in [-0.3, -0.25) is 0 Å². The SMILES string of the molecule is Cc1ccc(C2(c3ccc(C)cc3)c3ccccc3N(c3c4ccccc4c(N4c5ccccc5C(c5ccc(C)cc5)(c5ccc(C)cc5)c5cc6c7ccccc7n(-c7cc(C)cc(C)c7)c6cc54)c4ccccc34)c3ccccc32)cc1. The molecule has 1 aromatic heterocycles. The molecule has 85 heavy (non-hydrogen) atoms. The van der Waals surface area contributed by atoms with Gasteiger partial charge >= 0.3 is 0 Å². The number of hydrogen-bond donors (Lipinski definition) is 0. The molecule has 0 unspecified atom stereocenters. The van der Waals surface area contributed by atoms with Crippen molar-refractivity contribution in [1.29, 1.82) is 0 Å². The van der Waals surface area contributed by atoms with E-state index in [9.17, 15) is 0 Å². The molecule has 0 saturated heterocycles. The van der Waals surface area contributed by atoms with Crippen LogP contribution in [0.2, 0.25) is 0 Å². The lowest BCUT2D eigenvalue weighted by Crippen LogP contribution is -2.38. The fraction of sp³-hybridized carbons (Fsp3) is 0.0976. The molecule has 3 nitrogen and oxygen atoms in total. The van der Waals surface area contributed by atoms with Gasteiger partial charge < -0.3 is 14.4 Å². The highest BCUT2D eigenvalue weighted by atomic mass is 15.2. The summed E-state index contributed by atoms with van der Waals surface area (Å²) in [7, 11) is 0. The zero-order valence-corrected chi connectivity index (χ0v) is 48.8. The van der Waals surface area contributed by atoms with E-state index in [0.717, 1.165) is 66.9 Å². The van der Waals surface area contributed by atoms with Crippen LogP contribution in [0.15, 0.2) is 273 Å². The van der Waals surface area contributed by atoms with Crippen molar-refractivity contribution in [2.24, 2.45) is 0 Å². The Labute approximate surface area is 498 Å². The molecule has 0 aliphatic carbocycles. The van der Waals surface area contributed by atoms with E-state index in [1.165, 1.54) is 94.2 Å². The normalized spacial score (nSPS) is 13.9. The van der Waals surface area contributed by atoms with Crippen LogP contribution in [-0.4, -0.2) is 4.57 Å². The minimum atomic E-state index is -0.727. The molecule has 0 spiro atoms. The van der Waals surface area contributed by atoms with E-state index >= 15 is 0 Å². The molecule has 3 heterocycles. The molecule has 0 atom stereocenters. The Morgan fingerprint density at radius 1 is 0.235 bits per heavy atom. The first-order valence-electron chi connectivity index (χ1n) is 29.9. The van der Waals surface area contributed by atoms with E-state index in [1.807, 2.05) is 0 Å². The van der Waals surface area contributed by atoms with Crippen molar-refractivity contribution in [3.8, 4) is 5.69 Å². The summed E-state index contributed by atoms with van der Waals surface area (Å²) in [5, 5.41) is 7.09. The van der Waals surface area contributed by atoms with Gasteiger partial charge in [0, 0.05) is 38.0 Å². The fourth-order valence-corrected chi connectivity index (χ4v) is 15.2. The van der Waals surface area contributed by atoms with Crippen LogP contribution >= 0.6 is 0 Å². The Bertz CT molecular complexity index is 4790. The molecule has 3 heteroatoms. The lowest BCUT2D eigenvalue weighted by molar-refractivity contribution is 0.731. The van der Waals surface area contributed by atoms with Crippen LogP contribution in [0, 0.1) is 41.5 Å².